The van der Waals surface area contributed by atoms with Crippen LogP contribution in [0.5, 0.6) is 5.75 Å². The lowest BCUT2D eigenvalue weighted by Crippen LogP contribution is -2.11. The predicted molar refractivity (Wildman–Crippen MR) is 61.2 cm³/mol. The average molecular weight is 223 g/mol. The van der Waals surface area contributed by atoms with Gasteiger partial charge in [0.25, 0.3) is 0 Å². The van der Waals surface area contributed by atoms with Crippen LogP contribution in [0.2, 0.25) is 0 Å². The smallest absolute Gasteiger partial charge is 0.308 e. The van der Waals surface area contributed by atoms with Crippen molar-refractivity contribution in [1.29, 1.82) is 0 Å². The van der Waals surface area contributed by atoms with Crippen molar-refractivity contribution in [3.63, 3.8) is 0 Å². The van der Waals surface area contributed by atoms with Gasteiger partial charge in [0.2, 0.25) is 0 Å². The summed E-state index contributed by atoms with van der Waals surface area (Å²) in [4.78, 5) is 10.9. The second-order valence-electron chi connectivity index (χ2n) is 3.50. The van der Waals surface area contributed by atoms with Crippen LogP contribution in [0.1, 0.15) is 24.9 Å². The van der Waals surface area contributed by atoms with Crippen molar-refractivity contribution in [2.45, 2.75) is 19.4 Å². The molecule has 0 aromatic heterocycles. The van der Waals surface area contributed by atoms with Gasteiger partial charge in [-0.15, -0.1) is 0 Å². The number of para-hydroxylation sites is 1. The van der Waals surface area contributed by atoms with E-state index in [1.807, 2.05) is 31.2 Å². The second kappa shape index (κ2) is 6.12. The van der Waals surface area contributed by atoms with Crippen LogP contribution in [0.15, 0.2) is 24.3 Å². The summed E-state index contributed by atoms with van der Waals surface area (Å²) < 4.78 is 10.0. The van der Waals surface area contributed by atoms with Gasteiger partial charge in [-0.25, -0.2) is 0 Å². The van der Waals surface area contributed by atoms with E-state index >= 15 is 0 Å². The fraction of sp³-hybridized carbons (Fsp3) is 0.417. The number of esters is 1. The molecule has 4 heteroatoms. The standard InChI is InChI=1S/C12H17NO3/c1-9(13)10-5-3-4-6-11(10)16-8-7-12(14)15-2/h3-6,9H,7-8,13H2,1-2H3/t9-/m1/s1. The van der Waals surface area contributed by atoms with E-state index in [-0.39, 0.29) is 18.4 Å². The molecule has 0 spiro atoms. The van der Waals surface area contributed by atoms with Gasteiger partial charge in [-0.2, -0.15) is 0 Å². The Kier molecular flexibility index (Phi) is 4.79. The molecular formula is C12H17NO3. The molecule has 1 aromatic rings. The lowest BCUT2D eigenvalue weighted by atomic mass is 10.1. The molecule has 0 unspecified atom stereocenters. The molecule has 0 saturated carbocycles. The number of hydrogen-bond donors (Lipinski definition) is 1. The van der Waals surface area contributed by atoms with Crippen LogP contribution in [0, 0.1) is 0 Å². The average Bonchev–Trinajstić information content (AvgIpc) is 2.29. The molecular weight excluding hydrogens is 206 g/mol. The van der Waals surface area contributed by atoms with Crippen molar-refractivity contribution >= 4 is 5.97 Å². The first-order chi connectivity index (χ1) is 7.65. The second-order valence-corrected chi connectivity index (χ2v) is 3.50. The fourth-order valence-corrected chi connectivity index (χ4v) is 1.33. The van der Waals surface area contributed by atoms with Crippen LogP contribution >= 0.6 is 0 Å². The quantitative estimate of drug-likeness (QED) is 0.771. The Balaban J connectivity index is 2.56. The van der Waals surface area contributed by atoms with E-state index in [4.69, 9.17) is 10.5 Å². The van der Waals surface area contributed by atoms with Gasteiger partial charge in [-0.05, 0) is 13.0 Å². The van der Waals surface area contributed by atoms with Crippen LogP contribution < -0.4 is 10.5 Å². The van der Waals surface area contributed by atoms with Crippen molar-refractivity contribution in [3.05, 3.63) is 29.8 Å². The molecule has 0 radical (unpaired) electrons. The molecule has 1 rings (SSSR count). The van der Waals surface area contributed by atoms with E-state index in [2.05, 4.69) is 4.74 Å². The predicted octanol–water partition coefficient (Wildman–Crippen LogP) is 1.65. The number of nitrogens with two attached hydrogens (primary N) is 1. The third-order valence-electron chi connectivity index (χ3n) is 2.20. The normalized spacial score (nSPS) is 11.9. The third-order valence-corrected chi connectivity index (χ3v) is 2.20. The number of carbonyl (C=O) groups is 1. The lowest BCUT2D eigenvalue weighted by molar-refractivity contribution is -0.141. The Morgan fingerprint density at radius 2 is 2.12 bits per heavy atom. The highest BCUT2D eigenvalue weighted by molar-refractivity contribution is 5.69. The highest BCUT2D eigenvalue weighted by Gasteiger charge is 2.07. The Hall–Kier alpha value is -1.55. The van der Waals surface area contributed by atoms with E-state index in [0.717, 1.165) is 11.3 Å². The lowest BCUT2D eigenvalue weighted by Gasteiger charge is -2.13. The summed E-state index contributed by atoms with van der Waals surface area (Å²) in [5.74, 6) is 0.444. The fourth-order valence-electron chi connectivity index (χ4n) is 1.33. The zero-order valence-electron chi connectivity index (χ0n) is 9.60. The van der Waals surface area contributed by atoms with E-state index < -0.39 is 0 Å². The van der Waals surface area contributed by atoms with Crippen LogP contribution in [0.4, 0.5) is 0 Å². The molecule has 2 N–H and O–H groups in total. The minimum atomic E-state index is -0.279. The summed E-state index contributed by atoms with van der Waals surface area (Å²) in [5.41, 5.74) is 6.74. The summed E-state index contributed by atoms with van der Waals surface area (Å²) >= 11 is 0. The SMILES string of the molecule is COC(=O)CCOc1ccccc1[C@@H](C)N. The molecule has 0 aliphatic rings. The molecule has 0 amide bonds. The minimum Gasteiger partial charge on any atom is -0.493 e. The van der Waals surface area contributed by atoms with Gasteiger partial charge < -0.3 is 15.2 Å². The highest BCUT2D eigenvalue weighted by Crippen LogP contribution is 2.23. The molecule has 4 nitrogen and oxygen atoms in total. The van der Waals surface area contributed by atoms with Crippen molar-refractivity contribution in [2.75, 3.05) is 13.7 Å². The van der Waals surface area contributed by atoms with Crippen molar-refractivity contribution in [2.24, 2.45) is 5.73 Å². The van der Waals surface area contributed by atoms with Crippen LogP contribution in [-0.4, -0.2) is 19.7 Å². The van der Waals surface area contributed by atoms with E-state index in [9.17, 15) is 4.79 Å². The summed E-state index contributed by atoms with van der Waals surface area (Å²) in [7, 11) is 1.36. The summed E-state index contributed by atoms with van der Waals surface area (Å²) in [6.45, 7) is 2.19. The van der Waals surface area contributed by atoms with Gasteiger partial charge in [0.15, 0.2) is 0 Å². The number of methoxy groups -OCH3 is 1. The number of ether oxygens (including phenoxy) is 2. The van der Waals surface area contributed by atoms with Crippen molar-refractivity contribution < 1.29 is 14.3 Å². The largest absolute Gasteiger partial charge is 0.493 e. The number of carbonyl (C=O) groups excluding carboxylic acids is 1. The van der Waals surface area contributed by atoms with Crippen molar-refractivity contribution in [3.8, 4) is 5.75 Å². The number of rotatable bonds is 5. The molecule has 0 heterocycles. The van der Waals surface area contributed by atoms with Gasteiger partial charge in [0, 0.05) is 11.6 Å². The molecule has 1 atom stereocenters. The first-order valence-corrected chi connectivity index (χ1v) is 5.19. The molecule has 0 aliphatic carbocycles. The Labute approximate surface area is 95.3 Å². The molecule has 0 bridgehead atoms. The van der Waals surface area contributed by atoms with Gasteiger partial charge in [0.05, 0.1) is 20.1 Å². The highest BCUT2D eigenvalue weighted by atomic mass is 16.5. The molecule has 16 heavy (non-hydrogen) atoms. The van der Waals surface area contributed by atoms with Gasteiger partial charge in [-0.3, -0.25) is 4.79 Å². The van der Waals surface area contributed by atoms with Crippen LogP contribution in [0.25, 0.3) is 0 Å². The monoisotopic (exact) mass is 223 g/mol. The van der Waals surface area contributed by atoms with E-state index in [1.54, 1.807) is 0 Å². The number of hydrogen-bond acceptors (Lipinski definition) is 4. The third kappa shape index (κ3) is 3.55. The minimum absolute atomic E-state index is 0.0886. The van der Waals surface area contributed by atoms with Gasteiger partial charge in [-0.1, -0.05) is 18.2 Å². The first kappa shape index (κ1) is 12.5. The van der Waals surface area contributed by atoms with E-state index in [0.29, 0.717) is 6.61 Å². The maximum atomic E-state index is 10.9. The molecule has 88 valence electrons. The summed E-state index contributed by atoms with van der Waals surface area (Å²) in [5, 5.41) is 0. The molecule has 0 aliphatic heterocycles. The summed E-state index contributed by atoms with van der Waals surface area (Å²) in [6, 6.07) is 7.45. The molecule has 1 aromatic carbocycles. The number of benzene rings is 1. The van der Waals surface area contributed by atoms with Gasteiger partial charge >= 0.3 is 5.97 Å². The Morgan fingerprint density at radius 1 is 1.44 bits per heavy atom. The first-order valence-electron chi connectivity index (χ1n) is 5.19. The van der Waals surface area contributed by atoms with Crippen molar-refractivity contribution in [1.82, 2.24) is 0 Å². The Bertz CT molecular complexity index is 350. The van der Waals surface area contributed by atoms with Gasteiger partial charge in [0.1, 0.15) is 5.75 Å². The zero-order valence-corrected chi connectivity index (χ0v) is 9.60. The van der Waals surface area contributed by atoms with E-state index in [1.165, 1.54) is 7.11 Å². The maximum Gasteiger partial charge on any atom is 0.308 e. The molecule has 0 fully saturated rings. The zero-order chi connectivity index (χ0) is 12.0. The molecule has 0 saturated heterocycles. The maximum absolute atomic E-state index is 10.9. The topological polar surface area (TPSA) is 61.5 Å². The Morgan fingerprint density at radius 3 is 2.75 bits per heavy atom. The van der Waals surface area contributed by atoms with Crippen LogP contribution in [0.3, 0.4) is 0 Å². The van der Waals surface area contributed by atoms with Crippen LogP contribution in [-0.2, 0) is 9.53 Å². The summed E-state index contributed by atoms with van der Waals surface area (Å²) in [6.07, 6.45) is 0.240.